The summed E-state index contributed by atoms with van der Waals surface area (Å²) in [6.45, 7) is 2.61. The second-order valence-corrected chi connectivity index (χ2v) is 2.79. The van der Waals surface area contributed by atoms with E-state index in [4.69, 9.17) is 0 Å². The number of Topliss-reactive ketones (excluding diaryl/α,β-unsaturated/α-hetero) is 2. The molecule has 0 unspecified atom stereocenters. The number of hydrogen-bond acceptors (Lipinski definition) is 2. The Kier molecular flexibility index (Phi) is 2.46. The van der Waals surface area contributed by atoms with Gasteiger partial charge in [-0.15, -0.1) is 0 Å². The molecule has 13 heavy (non-hydrogen) atoms. The maximum absolute atomic E-state index is 11.4. The van der Waals surface area contributed by atoms with Crippen LogP contribution in [0, 0.1) is 0 Å². The molecule has 1 aromatic rings. The van der Waals surface area contributed by atoms with Crippen LogP contribution in [0.5, 0.6) is 5.75 Å². The van der Waals surface area contributed by atoms with Gasteiger partial charge in [0.05, 0.1) is 11.1 Å². The van der Waals surface area contributed by atoms with Gasteiger partial charge in [-0.05, 0) is 26.0 Å². The monoisotopic (exact) mass is 177 g/mol. The van der Waals surface area contributed by atoms with Crippen LogP contribution in [0.15, 0.2) is 18.2 Å². The molecule has 67 valence electrons. The van der Waals surface area contributed by atoms with Crippen molar-refractivity contribution >= 4 is 11.6 Å². The van der Waals surface area contributed by atoms with Gasteiger partial charge in [-0.2, -0.15) is 0 Å². The molecule has 0 aliphatic carbocycles. The first kappa shape index (κ1) is 9.45. The molecular formula is C10H9O3. The molecule has 0 saturated heterocycles. The number of hydrogen-bond donors (Lipinski definition) is 0. The molecule has 0 atom stereocenters. The fraction of sp³-hybridized carbons (Fsp3) is 0.200. The van der Waals surface area contributed by atoms with E-state index in [0.29, 0.717) is 0 Å². The van der Waals surface area contributed by atoms with E-state index in [1.165, 1.54) is 32.0 Å². The van der Waals surface area contributed by atoms with Crippen molar-refractivity contribution < 1.29 is 14.7 Å². The molecule has 0 bridgehead atoms. The minimum absolute atomic E-state index is 0.0766. The molecule has 3 heteroatoms. The Bertz CT molecular complexity index is 334. The Hall–Kier alpha value is -1.64. The molecule has 1 rings (SSSR count). The highest BCUT2D eigenvalue weighted by Crippen LogP contribution is 2.23. The number of benzene rings is 1. The molecule has 0 saturated carbocycles. The van der Waals surface area contributed by atoms with E-state index in [-0.39, 0.29) is 22.7 Å². The van der Waals surface area contributed by atoms with E-state index in [0.717, 1.165) is 0 Å². The van der Waals surface area contributed by atoms with Crippen molar-refractivity contribution in [2.24, 2.45) is 0 Å². The van der Waals surface area contributed by atoms with E-state index >= 15 is 0 Å². The summed E-state index contributed by atoms with van der Waals surface area (Å²) in [5.41, 5.74) is 0.153. The minimum atomic E-state index is -0.470. The van der Waals surface area contributed by atoms with Crippen LogP contribution in [0.3, 0.4) is 0 Å². The Morgan fingerprint density at radius 2 is 1.38 bits per heavy atom. The maximum Gasteiger partial charge on any atom is 0.200 e. The zero-order valence-corrected chi connectivity index (χ0v) is 7.46. The smallest absolute Gasteiger partial charge is 0.200 e. The highest BCUT2D eigenvalue weighted by molar-refractivity contribution is 6.03. The number of carbonyl (C=O) groups is 2. The van der Waals surface area contributed by atoms with Crippen LogP contribution in [-0.2, 0) is 5.11 Å². The van der Waals surface area contributed by atoms with E-state index in [1.807, 2.05) is 0 Å². The first-order chi connectivity index (χ1) is 6.04. The van der Waals surface area contributed by atoms with E-state index in [1.54, 1.807) is 0 Å². The summed E-state index contributed by atoms with van der Waals surface area (Å²) in [7, 11) is 0. The van der Waals surface area contributed by atoms with Gasteiger partial charge in [0.25, 0.3) is 0 Å². The summed E-state index contributed by atoms with van der Waals surface area (Å²) in [5.74, 6) is -1.09. The van der Waals surface area contributed by atoms with Crippen molar-refractivity contribution in [3.05, 3.63) is 29.3 Å². The minimum Gasteiger partial charge on any atom is -0.294 e. The van der Waals surface area contributed by atoms with Gasteiger partial charge < -0.3 is 0 Å². The standard InChI is InChI=1S/C10H9O3/c1-6(11)8-4-3-5-9(7(2)12)10(8)13/h3-5H,1-2H3. The number of carbonyl (C=O) groups excluding carboxylic acids is 2. The zero-order valence-electron chi connectivity index (χ0n) is 7.46. The van der Waals surface area contributed by atoms with Crippen LogP contribution in [-0.4, -0.2) is 11.6 Å². The molecule has 0 fully saturated rings. The molecule has 0 aromatic heterocycles. The van der Waals surface area contributed by atoms with Crippen LogP contribution < -0.4 is 0 Å². The number of para-hydroxylation sites is 1. The first-order valence-corrected chi connectivity index (χ1v) is 3.86. The Morgan fingerprint density at radius 1 is 1.00 bits per heavy atom. The lowest BCUT2D eigenvalue weighted by Gasteiger charge is -2.00. The fourth-order valence-corrected chi connectivity index (χ4v) is 1.09. The third kappa shape index (κ3) is 1.75. The largest absolute Gasteiger partial charge is 0.294 e. The molecule has 3 nitrogen and oxygen atoms in total. The average Bonchev–Trinajstić information content (AvgIpc) is 2.03. The molecule has 0 amide bonds. The quantitative estimate of drug-likeness (QED) is 0.650. The second-order valence-electron chi connectivity index (χ2n) is 2.79. The van der Waals surface area contributed by atoms with Gasteiger partial charge in [-0.1, -0.05) is 6.07 Å². The predicted molar refractivity (Wildman–Crippen MR) is 46.6 cm³/mol. The summed E-state index contributed by atoms with van der Waals surface area (Å²) in [4.78, 5) is 21.9. The third-order valence-corrected chi connectivity index (χ3v) is 1.77. The normalized spacial score (nSPS) is 9.69. The van der Waals surface area contributed by atoms with Crippen molar-refractivity contribution in [1.29, 1.82) is 0 Å². The molecule has 0 aliphatic rings. The van der Waals surface area contributed by atoms with Crippen molar-refractivity contribution in [3.63, 3.8) is 0 Å². The van der Waals surface area contributed by atoms with Crippen LogP contribution >= 0.6 is 0 Å². The SMILES string of the molecule is CC(=O)c1cccc(C(C)=O)c1[O]. The van der Waals surface area contributed by atoms with Gasteiger partial charge in [-0.25, -0.2) is 0 Å². The molecule has 1 aromatic carbocycles. The first-order valence-electron chi connectivity index (χ1n) is 3.86. The molecule has 0 spiro atoms. The lowest BCUT2D eigenvalue weighted by molar-refractivity contribution is 0.101. The van der Waals surface area contributed by atoms with Gasteiger partial charge in [-0.3, -0.25) is 14.7 Å². The van der Waals surface area contributed by atoms with Crippen molar-refractivity contribution in [2.45, 2.75) is 13.8 Å². The molecular weight excluding hydrogens is 168 g/mol. The van der Waals surface area contributed by atoms with Gasteiger partial charge in [0, 0.05) is 0 Å². The van der Waals surface area contributed by atoms with Gasteiger partial charge in [0.2, 0.25) is 0 Å². The number of rotatable bonds is 2. The van der Waals surface area contributed by atoms with Gasteiger partial charge in [0.15, 0.2) is 17.3 Å². The molecule has 0 heterocycles. The lowest BCUT2D eigenvalue weighted by Crippen LogP contribution is -1.98. The van der Waals surface area contributed by atoms with Crippen molar-refractivity contribution in [2.75, 3.05) is 0 Å². The molecule has 0 aliphatic heterocycles. The zero-order chi connectivity index (χ0) is 10.0. The van der Waals surface area contributed by atoms with Crippen molar-refractivity contribution in [3.8, 4) is 5.75 Å². The van der Waals surface area contributed by atoms with E-state index < -0.39 is 5.75 Å². The van der Waals surface area contributed by atoms with E-state index in [9.17, 15) is 14.7 Å². The Morgan fingerprint density at radius 3 is 1.69 bits per heavy atom. The highest BCUT2D eigenvalue weighted by Gasteiger charge is 2.14. The molecule has 0 N–H and O–H groups in total. The Labute approximate surface area is 76.0 Å². The lowest BCUT2D eigenvalue weighted by atomic mass is 10.0. The predicted octanol–water partition coefficient (Wildman–Crippen LogP) is 2.24. The molecule has 1 radical (unpaired) electrons. The van der Waals surface area contributed by atoms with Crippen LogP contribution in [0.1, 0.15) is 34.6 Å². The summed E-state index contributed by atoms with van der Waals surface area (Å²) in [5, 5.41) is 11.4. The summed E-state index contributed by atoms with van der Waals surface area (Å²) in [6.07, 6.45) is 0. The van der Waals surface area contributed by atoms with Crippen LogP contribution in [0.2, 0.25) is 0 Å². The van der Waals surface area contributed by atoms with Gasteiger partial charge in [0.1, 0.15) is 0 Å². The fourth-order valence-electron chi connectivity index (χ4n) is 1.09. The maximum atomic E-state index is 11.4. The topological polar surface area (TPSA) is 54.0 Å². The van der Waals surface area contributed by atoms with Crippen molar-refractivity contribution in [1.82, 2.24) is 0 Å². The second kappa shape index (κ2) is 3.39. The Balaban J connectivity index is 3.35. The summed E-state index contributed by atoms with van der Waals surface area (Å²) in [6, 6.07) is 4.39. The highest BCUT2D eigenvalue weighted by atomic mass is 16.3. The summed E-state index contributed by atoms with van der Waals surface area (Å²) < 4.78 is 0. The van der Waals surface area contributed by atoms with Crippen LogP contribution in [0.4, 0.5) is 0 Å². The third-order valence-electron chi connectivity index (χ3n) is 1.77. The average molecular weight is 177 g/mol. The van der Waals surface area contributed by atoms with Gasteiger partial charge >= 0.3 is 0 Å². The number of ketones is 2. The summed E-state index contributed by atoms with van der Waals surface area (Å²) >= 11 is 0. The van der Waals surface area contributed by atoms with E-state index in [2.05, 4.69) is 0 Å². The van der Waals surface area contributed by atoms with Crippen LogP contribution in [0.25, 0.3) is 0 Å².